The molecule has 1 aliphatic heterocycles. The molecule has 0 bridgehead atoms. The van der Waals surface area contributed by atoms with Gasteiger partial charge in [0.05, 0.1) is 5.56 Å². The number of fused-ring (bicyclic) bond motifs is 1. The molecule has 0 fully saturated rings. The van der Waals surface area contributed by atoms with E-state index in [1.165, 1.54) is 0 Å². The zero-order chi connectivity index (χ0) is 14.1. The number of aromatic carboxylic acids is 1. The topological polar surface area (TPSA) is 49.3 Å². The first-order chi connectivity index (χ1) is 9.68. The molecule has 0 radical (unpaired) electrons. The number of carbonyl (C=O) groups is 1. The fourth-order valence-corrected chi connectivity index (χ4v) is 3.13. The molecule has 2 N–H and O–H groups in total. The lowest BCUT2D eigenvalue weighted by molar-refractivity contribution is 0.0696. The van der Waals surface area contributed by atoms with Gasteiger partial charge >= 0.3 is 5.97 Å². The van der Waals surface area contributed by atoms with Crippen LogP contribution in [0.15, 0.2) is 53.6 Å². The predicted octanol–water partition coefficient (Wildman–Crippen LogP) is 3.69. The van der Waals surface area contributed by atoms with Crippen LogP contribution in [-0.4, -0.2) is 11.1 Å². The van der Waals surface area contributed by atoms with Gasteiger partial charge in [0.2, 0.25) is 0 Å². The van der Waals surface area contributed by atoms with Crippen molar-refractivity contribution in [1.29, 1.82) is 0 Å². The highest BCUT2D eigenvalue weighted by atomic mass is 32.2. The molecule has 0 aromatic heterocycles. The number of nitrogens with one attached hydrogen (secondary N) is 1. The second-order valence-electron chi connectivity index (χ2n) is 4.56. The minimum Gasteiger partial charge on any atom is -0.478 e. The maximum atomic E-state index is 11.3. The Balaban J connectivity index is 2.17. The van der Waals surface area contributed by atoms with E-state index in [0.29, 0.717) is 5.56 Å². The number of rotatable bonds is 2. The number of hydrogen-bond acceptors (Lipinski definition) is 3. The Morgan fingerprint density at radius 1 is 1.10 bits per heavy atom. The van der Waals surface area contributed by atoms with E-state index in [1.54, 1.807) is 24.1 Å². The lowest BCUT2D eigenvalue weighted by Gasteiger charge is -2.20. The van der Waals surface area contributed by atoms with Crippen molar-refractivity contribution in [2.24, 2.45) is 0 Å². The zero-order valence-corrected chi connectivity index (χ0v) is 11.7. The van der Waals surface area contributed by atoms with Gasteiger partial charge < -0.3 is 9.83 Å². The summed E-state index contributed by atoms with van der Waals surface area (Å²) < 4.78 is 3.17. The highest BCUT2D eigenvalue weighted by Crippen LogP contribution is 2.36. The second kappa shape index (κ2) is 5.06. The average molecular weight is 283 g/mol. The summed E-state index contributed by atoms with van der Waals surface area (Å²) in [6, 6.07) is 13.5. The standard InChI is InChI=1S/C16H13NO2S/c1-10-11(6-4-7-12(10)16(18)19)14-9-17-20-15-8-3-2-5-13(14)15/h2-9,17H,1H3,(H,18,19). The molecule has 1 aliphatic rings. The van der Waals surface area contributed by atoms with Gasteiger partial charge in [0.25, 0.3) is 0 Å². The smallest absolute Gasteiger partial charge is 0.335 e. The molecular weight excluding hydrogens is 270 g/mol. The molecule has 4 heteroatoms. The van der Waals surface area contributed by atoms with Gasteiger partial charge in [-0.2, -0.15) is 0 Å². The molecule has 100 valence electrons. The van der Waals surface area contributed by atoms with Crippen LogP contribution in [0.2, 0.25) is 0 Å². The molecule has 0 saturated heterocycles. The number of carboxylic acid groups (broad SMARTS) is 1. The van der Waals surface area contributed by atoms with Crippen molar-refractivity contribution in [2.45, 2.75) is 11.8 Å². The van der Waals surface area contributed by atoms with Crippen molar-refractivity contribution in [1.82, 2.24) is 4.72 Å². The summed E-state index contributed by atoms with van der Waals surface area (Å²) >= 11 is 1.56. The summed E-state index contributed by atoms with van der Waals surface area (Å²) in [5, 5.41) is 9.24. The maximum absolute atomic E-state index is 11.3. The van der Waals surface area contributed by atoms with Gasteiger partial charge in [-0.1, -0.05) is 30.3 Å². The molecule has 0 aliphatic carbocycles. The Morgan fingerprint density at radius 3 is 2.65 bits per heavy atom. The molecule has 0 atom stereocenters. The minimum atomic E-state index is -0.892. The number of benzene rings is 2. The van der Waals surface area contributed by atoms with Crippen molar-refractivity contribution in [2.75, 3.05) is 0 Å². The van der Waals surface area contributed by atoms with Gasteiger partial charge in [-0.25, -0.2) is 4.79 Å². The Labute approximate surface area is 121 Å². The van der Waals surface area contributed by atoms with E-state index < -0.39 is 5.97 Å². The van der Waals surface area contributed by atoms with E-state index in [1.807, 2.05) is 31.3 Å². The summed E-state index contributed by atoms with van der Waals surface area (Å²) in [5.74, 6) is -0.892. The van der Waals surface area contributed by atoms with Gasteiger partial charge in [-0.05, 0) is 47.7 Å². The van der Waals surface area contributed by atoms with Crippen LogP contribution in [0.1, 0.15) is 27.0 Å². The first kappa shape index (κ1) is 12.8. The Morgan fingerprint density at radius 2 is 1.85 bits per heavy atom. The summed E-state index contributed by atoms with van der Waals surface area (Å²) in [7, 11) is 0. The SMILES string of the molecule is Cc1c(C(=O)O)cccc1C1=CNSc2ccccc21. The quantitative estimate of drug-likeness (QED) is 0.825. The second-order valence-corrected chi connectivity index (χ2v) is 5.44. The van der Waals surface area contributed by atoms with Gasteiger partial charge in [0.15, 0.2) is 0 Å². The van der Waals surface area contributed by atoms with E-state index in [2.05, 4.69) is 16.9 Å². The highest BCUT2D eigenvalue weighted by molar-refractivity contribution is 7.97. The summed E-state index contributed by atoms with van der Waals surface area (Å²) in [6.45, 7) is 1.85. The maximum Gasteiger partial charge on any atom is 0.335 e. The monoisotopic (exact) mass is 283 g/mol. The number of hydrogen-bond donors (Lipinski definition) is 2. The van der Waals surface area contributed by atoms with Crippen LogP contribution in [0, 0.1) is 6.92 Å². The van der Waals surface area contributed by atoms with Crippen LogP contribution in [0.3, 0.4) is 0 Å². The molecule has 2 aromatic rings. The van der Waals surface area contributed by atoms with Crippen molar-refractivity contribution in [3.8, 4) is 0 Å². The molecule has 2 aromatic carbocycles. The van der Waals surface area contributed by atoms with Crippen molar-refractivity contribution in [3.05, 3.63) is 70.9 Å². The molecule has 3 rings (SSSR count). The molecule has 0 unspecified atom stereocenters. The lowest BCUT2D eigenvalue weighted by atomic mass is 9.92. The van der Waals surface area contributed by atoms with Gasteiger partial charge in [0, 0.05) is 16.7 Å². The Hall–Kier alpha value is -2.20. The largest absolute Gasteiger partial charge is 0.478 e. The normalized spacial score (nSPS) is 13.2. The van der Waals surface area contributed by atoms with Gasteiger partial charge in [-0.3, -0.25) is 0 Å². The first-order valence-electron chi connectivity index (χ1n) is 6.23. The fraction of sp³-hybridized carbons (Fsp3) is 0.0625. The average Bonchev–Trinajstić information content (AvgIpc) is 2.47. The molecule has 3 nitrogen and oxygen atoms in total. The lowest BCUT2D eigenvalue weighted by Crippen LogP contribution is -2.07. The fourth-order valence-electron chi connectivity index (χ4n) is 2.39. The summed E-state index contributed by atoms with van der Waals surface area (Å²) in [5.41, 5.74) is 4.24. The minimum absolute atomic E-state index is 0.346. The van der Waals surface area contributed by atoms with Crippen molar-refractivity contribution >= 4 is 23.5 Å². The molecule has 20 heavy (non-hydrogen) atoms. The van der Waals surface area contributed by atoms with Crippen LogP contribution >= 0.6 is 11.9 Å². The predicted molar refractivity (Wildman–Crippen MR) is 80.7 cm³/mol. The van der Waals surface area contributed by atoms with Gasteiger partial charge in [0.1, 0.15) is 0 Å². The van der Waals surface area contributed by atoms with Crippen LogP contribution < -0.4 is 4.72 Å². The van der Waals surface area contributed by atoms with Gasteiger partial charge in [-0.15, -0.1) is 0 Å². The number of carboxylic acids is 1. The Kier molecular flexibility index (Phi) is 3.24. The molecular formula is C16H13NO2S. The molecule has 0 amide bonds. The Bertz CT molecular complexity index is 722. The highest BCUT2D eigenvalue weighted by Gasteiger charge is 2.18. The third-order valence-electron chi connectivity index (χ3n) is 3.40. The van der Waals surface area contributed by atoms with E-state index in [9.17, 15) is 9.90 Å². The van der Waals surface area contributed by atoms with Crippen LogP contribution in [-0.2, 0) is 0 Å². The summed E-state index contributed by atoms with van der Waals surface area (Å²) in [4.78, 5) is 12.4. The van der Waals surface area contributed by atoms with E-state index in [-0.39, 0.29) is 0 Å². The van der Waals surface area contributed by atoms with E-state index in [4.69, 9.17) is 0 Å². The zero-order valence-electron chi connectivity index (χ0n) is 10.9. The molecule has 0 spiro atoms. The third-order valence-corrected chi connectivity index (χ3v) is 4.22. The van der Waals surface area contributed by atoms with E-state index in [0.717, 1.165) is 27.2 Å². The summed E-state index contributed by atoms with van der Waals surface area (Å²) in [6.07, 6.45) is 1.93. The van der Waals surface area contributed by atoms with Crippen LogP contribution in [0.25, 0.3) is 5.57 Å². The van der Waals surface area contributed by atoms with E-state index >= 15 is 0 Å². The molecule has 0 saturated carbocycles. The van der Waals surface area contributed by atoms with Crippen molar-refractivity contribution in [3.63, 3.8) is 0 Å². The van der Waals surface area contributed by atoms with Crippen LogP contribution in [0.5, 0.6) is 0 Å². The van der Waals surface area contributed by atoms with Crippen LogP contribution in [0.4, 0.5) is 0 Å². The first-order valence-corrected chi connectivity index (χ1v) is 7.05. The molecule has 1 heterocycles. The van der Waals surface area contributed by atoms with Crippen molar-refractivity contribution < 1.29 is 9.90 Å². The third kappa shape index (κ3) is 2.08.